The van der Waals surface area contributed by atoms with Gasteiger partial charge in [0.2, 0.25) is 0 Å². The van der Waals surface area contributed by atoms with Gasteiger partial charge >= 0.3 is 0 Å². The van der Waals surface area contributed by atoms with E-state index >= 15 is 0 Å². The second-order valence-electron chi connectivity index (χ2n) is 3.13. The molecule has 4 N–H and O–H groups in total. The maximum absolute atomic E-state index is 5.97. The molecule has 3 nitrogen and oxygen atoms in total. The number of nitrogen functional groups attached to an aromatic ring is 1. The molecular weight excluding hydrogens is 291 g/mol. The van der Waals surface area contributed by atoms with Crippen molar-refractivity contribution in [2.24, 2.45) is 5.73 Å². The van der Waals surface area contributed by atoms with Gasteiger partial charge < -0.3 is 16.2 Å². The summed E-state index contributed by atoms with van der Waals surface area (Å²) in [6, 6.07) is 3.83. The van der Waals surface area contributed by atoms with Crippen LogP contribution in [0.2, 0.25) is 0 Å². The summed E-state index contributed by atoms with van der Waals surface area (Å²) in [6.07, 6.45) is 0.885. The first-order valence-corrected chi connectivity index (χ1v) is 5.56. The average Bonchev–Trinajstić information content (AvgIpc) is 2.20. The van der Waals surface area contributed by atoms with Crippen molar-refractivity contribution in [3.8, 4) is 5.75 Å². The lowest BCUT2D eigenvalue weighted by molar-refractivity contribution is 0.405. The molecule has 1 unspecified atom stereocenters. The minimum Gasteiger partial charge on any atom is -0.496 e. The highest BCUT2D eigenvalue weighted by atomic mass is 127. The maximum atomic E-state index is 5.97. The van der Waals surface area contributed by atoms with E-state index in [9.17, 15) is 0 Å². The number of anilines is 1. The molecule has 1 aromatic rings. The number of hydrogen-bond donors (Lipinski definition) is 2. The van der Waals surface area contributed by atoms with Crippen LogP contribution in [0.15, 0.2) is 12.1 Å². The van der Waals surface area contributed by atoms with Crippen LogP contribution in [0.5, 0.6) is 5.75 Å². The quantitative estimate of drug-likeness (QED) is 0.665. The van der Waals surface area contributed by atoms with Gasteiger partial charge in [0.05, 0.1) is 7.11 Å². The lowest BCUT2D eigenvalue weighted by Crippen LogP contribution is -2.11. The van der Waals surface area contributed by atoms with Crippen LogP contribution in [0.25, 0.3) is 0 Å². The molecule has 0 bridgehead atoms. The van der Waals surface area contributed by atoms with E-state index in [1.807, 2.05) is 19.1 Å². The van der Waals surface area contributed by atoms with Crippen molar-refractivity contribution >= 4 is 28.3 Å². The van der Waals surface area contributed by atoms with E-state index in [1.165, 1.54) is 0 Å². The van der Waals surface area contributed by atoms with E-state index in [4.69, 9.17) is 16.2 Å². The van der Waals surface area contributed by atoms with Crippen LogP contribution >= 0.6 is 22.6 Å². The molecular formula is C10H15IN2O. The Bertz CT molecular complexity index is 328. The van der Waals surface area contributed by atoms with Crippen LogP contribution in [0.1, 0.15) is 24.9 Å². The molecule has 0 aliphatic heterocycles. The number of rotatable bonds is 3. The van der Waals surface area contributed by atoms with E-state index in [1.54, 1.807) is 7.11 Å². The first kappa shape index (κ1) is 11.6. The fourth-order valence-electron chi connectivity index (χ4n) is 1.27. The summed E-state index contributed by atoms with van der Waals surface area (Å²) in [4.78, 5) is 0. The van der Waals surface area contributed by atoms with Crippen LogP contribution < -0.4 is 16.2 Å². The number of benzene rings is 1. The molecule has 1 aromatic carbocycles. The van der Waals surface area contributed by atoms with Gasteiger partial charge in [-0.15, -0.1) is 0 Å². The second kappa shape index (κ2) is 4.84. The van der Waals surface area contributed by atoms with Crippen LogP contribution in [0.3, 0.4) is 0 Å². The predicted octanol–water partition coefficient (Wildman–Crippen LogP) is 2.29. The highest BCUT2D eigenvalue weighted by molar-refractivity contribution is 14.1. The van der Waals surface area contributed by atoms with Crippen LogP contribution in [-0.4, -0.2) is 7.11 Å². The second-order valence-corrected chi connectivity index (χ2v) is 4.29. The Morgan fingerprint density at radius 2 is 2.14 bits per heavy atom. The Labute approximate surface area is 97.9 Å². The number of halogens is 1. The van der Waals surface area contributed by atoms with Crippen LogP contribution in [0.4, 0.5) is 5.69 Å². The Kier molecular flexibility index (Phi) is 4.00. The SMILES string of the molecule is CCC(N)c1cc(I)c(N)cc1OC. The van der Waals surface area contributed by atoms with E-state index in [2.05, 4.69) is 22.6 Å². The van der Waals surface area contributed by atoms with Crippen LogP contribution in [0, 0.1) is 3.57 Å². The molecule has 0 aliphatic carbocycles. The summed E-state index contributed by atoms with van der Waals surface area (Å²) in [7, 11) is 1.63. The first-order chi connectivity index (χ1) is 6.60. The molecule has 0 spiro atoms. The summed E-state index contributed by atoms with van der Waals surface area (Å²) in [5, 5.41) is 0. The maximum Gasteiger partial charge on any atom is 0.125 e. The Morgan fingerprint density at radius 1 is 1.50 bits per heavy atom. The standard InChI is InChI=1S/C10H15IN2O/c1-3-8(12)6-4-7(11)9(13)5-10(6)14-2/h4-5,8H,3,12-13H2,1-2H3. The smallest absolute Gasteiger partial charge is 0.125 e. The largest absolute Gasteiger partial charge is 0.496 e. The fourth-order valence-corrected chi connectivity index (χ4v) is 1.76. The molecule has 14 heavy (non-hydrogen) atoms. The minimum absolute atomic E-state index is 0.0130. The molecule has 78 valence electrons. The normalized spacial score (nSPS) is 12.6. The van der Waals surface area contributed by atoms with Crippen molar-refractivity contribution in [3.05, 3.63) is 21.3 Å². The zero-order valence-electron chi connectivity index (χ0n) is 8.38. The molecule has 0 heterocycles. The summed E-state index contributed by atoms with van der Waals surface area (Å²) in [6.45, 7) is 2.05. The van der Waals surface area contributed by atoms with Gasteiger partial charge in [0.15, 0.2) is 0 Å². The van der Waals surface area contributed by atoms with E-state index in [0.717, 1.165) is 27.0 Å². The van der Waals surface area contributed by atoms with E-state index in [0.29, 0.717) is 0 Å². The van der Waals surface area contributed by atoms with E-state index in [-0.39, 0.29) is 6.04 Å². The van der Waals surface area contributed by atoms with Crippen molar-refractivity contribution in [3.63, 3.8) is 0 Å². The molecule has 1 atom stereocenters. The summed E-state index contributed by atoms with van der Waals surface area (Å²) < 4.78 is 6.26. The van der Waals surface area contributed by atoms with Gasteiger partial charge in [0.1, 0.15) is 5.75 Å². The summed E-state index contributed by atoms with van der Waals surface area (Å²) in [5.74, 6) is 0.775. The van der Waals surface area contributed by atoms with Crippen LogP contribution in [-0.2, 0) is 0 Å². The number of ether oxygens (including phenoxy) is 1. The zero-order valence-corrected chi connectivity index (χ0v) is 10.5. The van der Waals surface area contributed by atoms with Crippen molar-refractivity contribution in [1.82, 2.24) is 0 Å². The number of methoxy groups -OCH3 is 1. The lowest BCUT2D eigenvalue weighted by Gasteiger charge is -2.15. The van der Waals surface area contributed by atoms with Gasteiger partial charge in [-0.25, -0.2) is 0 Å². The molecule has 0 aliphatic rings. The lowest BCUT2D eigenvalue weighted by atomic mass is 10.0. The van der Waals surface area contributed by atoms with Gasteiger partial charge in [0, 0.05) is 26.9 Å². The summed E-state index contributed by atoms with van der Waals surface area (Å²) in [5.41, 5.74) is 13.5. The van der Waals surface area contributed by atoms with Gasteiger partial charge in [-0.05, 0) is 35.1 Å². The van der Waals surface area contributed by atoms with Gasteiger partial charge in [0.25, 0.3) is 0 Å². The molecule has 4 heteroatoms. The first-order valence-electron chi connectivity index (χ1n) is 4.48. The molecule has 0 amide bonds. The van der Waals surface area contributed by atoms with Gasteiger partial charge in [-0.1, -0.05) is 6.92 Å². The zero-order chi connectivity index (χ0) is 10.7. The van der Waals surface area contributed by atoms with Gasteiger partial charge in [-0.3, -0.25) is 0 Å². The van der Waals surface area contributed by atoms with Crippen molar-refractivity contribution in [2.75, 3.05) is 12.8 Å². The Morgan fingerprint density at radius 3 is 2.64 bits per heavy atom. The average molecular weight is 306 g/mol. The highest BCUT2D eigenvalue weighted by Crippen LogP contribution is 2.31. The van der Waals surface area contributed by atoms with Gasteiger partial charge in [-0.2, -0.15) is 0 Å². The monoisotopic (exact) mass is 306 g/mol. The number of hydrogen-bond acceptors (Lipinski definition) is 3. The van der Waals surface area contributed by atoms with E-state index < -0.39 is 0 Å². The Balaban J connectivity index is 3.19. The molecule has 0 saturated carbocycles. The number of nitrogens with two attached hydrogens (primary N) is 2. The molecule has 0 saturated heterocycles. The third-order valence-corrected chi connectivity index (χ3v) is 3.12. The predicted molar refractivity (Wildman–Crippen MR) is 67.3 cm³/mol. The molecule has 0 aromatic heterocycles. The summed E-state index contributed by atoms with van der Waals surface area (Å²) >= 11 is 2.20. The molecule has 1 rings (SSSR count). The third kappa shape index (κ3) is 2.30. The fraction of sp³-hybridized carbons (Fsp3) is 0.400. The van der Waals surface area contributed by atoms with Crippen molar-refractivity contribution in [2.45, 2.75) is 19.4 Å². The third-order valence-electron chi connectivity index (χ3n) is 2.19. The Hall–Kier alpha value is -0.490. The van der Waals surface area contributed by atoms with Crippen molar-refractivity contribution < 1.29 is 4.74 Å². The molecule has 0 radical (unpaired) electrons. The van der Waals surface area contributed by atoms with Crippen molar-refractivity contribution in [1.29, 1.82) is 0 Å². The molecule has 0 fully saturated rings. The minimum atomic E-state index is 0.0130. The topological polar surface area (TPSA) is 61.3 Å². The highest BCUT2D eigenvalue weighted by Gasteiger charge is 2.12.